The minimum Gasteiger partial charge on any atom is -0.457 e. The molecule has 40 heavy (non-hydrogen) atoms. The first-order valence-electron chi connectivity index (χ1n) is 13.2. The van der Waals surface area contributed by atoms with Crippen molar-refractivity contribution in [3.63, 3.8) is 0 Å². The highest BCUT2D eigenvalue weighted by atomic mass is 16.6. The van der Waals surface area contributed by atoms with E-state index in [1.165, 1.54) is 18.5 Å². The monoisotopic (exact) mass is 540 g/mol. The topological polar surface area (TPSA) is 125 Å². The van der Waals surface area contributed by atoms with E-state index < -0.39 is 11.6 Å². The number of nitrogens with two attached hydrogens (primary N) is 1. The van der Waals surface area contributed by atoms with Crippen molar-refractivity contribution in [1.29, 1.82) is 0 Å². The second-order valence-corrected chi connectivity index (χ2v) is 10.6. The van der Waals surface area contributed by atoms with Crippen LogP contribution in [-0.2, 0) is 14.3 Å². The fourth-order valence-electron chi connectivity index (χ4n) is 4.69. The Bertz CT molecular complexity index is 1540. The number of ether oxygens (including phenoxy) is 2. The van der Waals surface area contributed by atoms with E-state index >= 15 is 0 Å². The predicted molar refractivity (Wildman–Crippen MR) is 152 cm³/mol. The van der Waals surface area contributed by atoms with E-state index in [0.717, 1.165) is 24.2 Å². The van der Waals surface area contributed by atoms with Crippen LogP contribution in [0.4, 0.5) is 5.82 Å². The standard InChI is InChI=1S/C30H32N6O4/c1-30(2,3)40-25(38)16-15-24(37)35-17-7-8-21(18-35)36-29-26(28(31)32-19-33-29)27(34-36)20-11-13-23(14-12-20)39-22-9-5-4-6-10-22/h4-6,9-16,19,21H,7-8,17-18H2,1-3H3,(H2,31,32,33)/b16-15+/t21-/m1/s1. The van der Waals surface area contributed by atoms with Crippen LogP contribution in [0.15, 0.2) is 73.1 Å². The summed E-state index contributed by atoms with van der Waals surface area (Å²) in [6.45, 7) is 6.34. The molecule has 0 saturated carbocycles. The van der Waals surface area contributed by atoms with Crippen LogP contribution >= 0.6 is 0 Å². The summed E-state index contributed by atoms with van der Waals surface area (Å²) in [6.07, 6.45) is 5.45. The Balaban J connectivity index is 1.38. The third kappa shape index (κ3) is 6.12. The number of carbonyl (C=O) groups is 2. The van der Waals surface area contributed by atoms with Crippen LogP contribution in [0.2, 0.25) is 0 Å². The number of esters is 1. The lowest BCUT2D eigenvalue weighted by atomic mass is 10.1. The Morgan fingerprint density at radius 3 is 2.45 bits per heavy atom. The molecule has 0 unspecified atom stereocenters. The molecule has 10 nitrogen and oxygen atoms in total. The number of aromatic nitrogens is 4. The molecule has 5 rings (SSSR count). The van der Waals surface area contributed by atoms with Gasteiger partial charge in [-0.15, -0.1) is 0 Å². The van der Waals surface area contributed by atoms with Crippen molar-refractivity contribution in [2.24, 2.45) is 0 Å². The number of benzene rings is 2. The second kappa shape index (κ2) is 11.2. The molecular formula is C30H32N6O4. The number of hydrogen-bond donors (Lipinski definition) is 1. The Morgan fingerprint density at radius 2 is 1.73 bits per heavy atom. The van der Waals surface area contributed by atoms with Gasteiger partial charge in [0.25, 0.3) is 0 Å². The number of carbonyl (C=O) groups excluding carboxylic acids is 2. The molecule has 0 aliphatic carbocycles. The highest BCUT2D eigenvalue weighted by Gasteiger charge is 2.28. The van der Waals surface area contributed by atoms with E-state index in [0.29, 0.717) is 41.4 Å². The molecule has 0 bridgehead atoms. The summed E-state index contributed by atoms with van der Waals surface area (Å²) in [6, 6.07) is 17.1. The van der Waals surface area contributed by atoms with E-state index in [1.807, 2.05) is 59.3 Å². The summed E-state index contributed by atoms with van der Waals surface area (Å²) < 4.78 is 13.0. The van der Waals surface area contributed by atoms with Gasteiger partial charge >= 0.3 is 5.97 Å². The highest BCUT2D eigenvalue weighted by Crippen LogP contribution is 2.35. The number of amides is 1. The number of nitrogens with zero attached hydrogens (tertiary/aromatic N) is 5. The molecule has 0 spiro atoms. The maximum absolute atomic E-state index is 12.9. The molecule has 2 aromatic heterocycles. The van der Waals surface area contributed by atoms with Crippen LogP contribution in [0.5, 0.6) is 11.5 Å². The fraction of sp³-hybridized carbons (Fsp3) is 0.300. The normalized spacial score (nSPS) is 15.9. The third-order valence-electron chi connectivity index (χ3n) is 6.45. The lowest BCUT2D eigenvalue weighted by Crippen LogP contribution is -2.40. The number of hydrogen-bond acceptors (Lipinski definition) is 8. The van der Waals surface area contributed by atoms with Crippen LogP contribution in [0.3, 0.4) is 0 Å². The molecule has 4 aromatic rings. The Hall–Kier alpha value is -4.73. The maximum atomic E-state index is 12.9. The average molecular weight is 541 g/mol. The Morgan fingerprint density at radius 1 is 1.00 bits per heavy atom. The van der Waals surface area contributed by atoms with E-state index in [4.69, 9.17) is 20.3 Å². The molecule has 1 fully saturated rings. The van der Waals surface area contributed by atoms with Gasteiger partial charge in [-0.3, -0.25) is 4.79 Å². The van der Waals surface area contributed by atoms with Gasteiger partial charge in [-0.2, -0.15) is 5.10 Å². The van der Waals surface area contributed by atoms with Crippen LogP contribution in [0.25, 0.3) is 22.3 Å². The summed E-state index contributed by atoms with van der Waals surface area (Å²) in [5.74, 6) is 0.975. The predicted octanol–water partition coefficient (Wildman–Crippen LogP) is 4.93. The second-order valence-electron chi connectivity index (χ2n) is 10.6. The van der Waals surface area contributed by atoms with Crippen molar-refractivity contribution in [1.82, 2.24) is 24.6 Å². The Labute approximate surface area is 232 Å². The number of rotatable bonds is 6. The zero-order chi connectivity index (χ0) is 28.3. The van der Waals surface area contributed by atoms with Crippen molar-refractivity contribution in [3.8, 4) is 22.8 Å². The van der Waals surface area contributed by atoms with Gasteiger partial charge < -0.3 is 20.1 Å². The van der Waals surface area contributed by atoms with Crippen LogP contribution in [0.1, 0.15) is 39.7 Å². The van der Waals surface area contributed by atoms with Gasteiger partial charge in [0.15, 0.2) is 5.65 Å². The maximum Gasteiger partial charge on any atom is 0.331 e. The van der Waals surface area contributed by atoms with Crippen LogP contribution in [-0.4, -0.2) is 55.2 Å². The van der Waals surface area contributed by atoms with Crippen molar-refractivity contribution in [2.45, 2.75) is 45.3 Å². The number of anilines is 1. The zero-order valence-corrected chi connectivity index (χ0v) is 22.8. The van der Waals surface area contributed by atoms with Crippen molar-refractivity contribution in [2.75, 3.05) is 18.8 Å². The van der Waals surface area contributed by atoms with Crippen molar-refractivity contribution >= 4 is 28.7 Å². The van der Waals surface area contributed by atoms with E-state index in [1.54, 1.807) is 25.7 Å². The molecular weight excluding hydrogens is 508 g/mol. The highest BCUT2D eigenvalue weighted by molar-refractivity contribution is 5.98. The summed E-state index contributed by atoms with van der Waals surface area (Å²) in [7, 11) is 0. The minimum absolute atomic E-state index is 0.126. The largest absolute Gasteiger partial charge is 0.457 e. The first kappa shape index (κ1) is 26.9. The Kier molecular flexibility index (Phi) is 7.50. The van der Waals surface area contributed by atoms with Crippen molar-refractivity contribution in [3.05, 3.63) is 73.1 Å². The first-order valence-corrected chi connectivity index (χ1v) is 13.2. The van der Waals surface area contributed by atoms with Gasteiger partial charge in [-0.1, -0.05) is 18.2 Å². The molecule has 3 heterocycles. The molecule has 1 amide bonds. The lowest BCUT2D eigenvalue weighted by molar-refractivity contribution is -0.148. The third-order valence-corrected chi connectivity index (χ3v) is 6.45. The van der Waals surface area contributed by atoms with Crippen LogP contribution < -0.4 is 10.5 Å². The molecule has 2 aromatic carbocycles. The van der Waals surface area contributed by atoms with Crippen molar-refractivity contribution < 1.29 is 19.1 Å². The molecule has 0 radical (unpaired) electrons. The molecule has 1 aliphatic rings. The van der Waals surface area contributed by atoms with Gasteiger partial charge in [0, 0.05) is 30.8 Å². The average Bonchev–Trinajstić information content (AvgIpc) is 3.33. The number of piperidine rings is 1. The summed E-state index contributed by atoms with van der Waals surface area (Å²) in [5.41, 5.74) is 7.79. The fourth-order valence-corrected chi connectivity index (χ4v) is 4.69. The number of likely N-dealkylation sites (tertiary alicyclic amines) is 1. The molecule has 206 valence electrons. The molecule has 1 atom stereocenters. The molecule has 2 N–H and O–H groups in total. The van der Waals surface area contributed by atoms with Gasteiger partial charge in [-0.25, -0.2) is 19.4 Å². The molecule has 1 aliphatic heterocycles. The summed E-state index contributed by atoms with van der Waals surface area (Å²) in [5, 5.41) is 5.59. The zero-order valence-electron chi connectivity index (χ0n) is 22.8. The van der Waals surface area contributed by atoms with E-state index in [-0.39, 0.29) is 11.9 Å². The number of nitrogen functional groups attached to an aromatic ring is 1. The molecule has 10 heteroatoms. The minimum atomic E-state index is -0.626. The smallest absolute Gasteiger partial charge is 0.331 e. The van der Waals surface area contributed by atoms with Gasteiger partial charge in [0.1, 0.15) is 34.9 Å². The van der Waals surface area contributed by atoms with Crippen LogP contribution in [0, 0.1) is 0 Å². The van der Waals surface area contributed by atoms with E-state index in [2.05, 4.69) is 9.97 Å². The summed E-state index contributed by atoms with van der Waals surface area (Å²) in [4.78, 5) is 35.4. The van der Waals surface area contributed by atoms with Gasteiger partial charge in [0.2, 0.25) is 5.91 Å². The lowest BCUT2D eigenvalue weighted by Gasteiger charge is -2.32. The van der Waals surface area contributed by atoms with Gasteiger partial charge in [-0.05, 0) is 70.0 Å². The van der Waals surface area contributed by atoms with E-state index in [9.17, 15) is 9.59 Å². The first-order chi connectivity index (χ1) is 19.2. The van der Waals surface area contributed by atoms with Gasteiger partial charge in [0.05, 0.1) is 11.4 Å². The quantitative estimate of drug-likeness (QED) is 0.270. The summed E-state index contributed by atoms with van der Waals surface area (Å²) >= 11 is 0. The SMILES string of the molecule is CC(C)(C)OC(=O)/C=C/C(=O)N1CCC[C@@H](n2nc(-c3ccc(Oc4ccccc4)cc3)c3c(N)ncnc32)C1. The molecule has 1 saturated heterocycles. The number of fused-ring (bicyclic) bond motifs is 1. The number of para-hydroxylation sites is 1.